The van der Waals surface area contributed by atoms with E-state index in [4.69, 9.17) is 9.47 Å². The molecule has 2 rings (SSSR count). The molecule has 3 heteroatoms. The van der Waals surface area contributed by atoms with E-state index < -0.39 is 0 Å². The summed E-state index contributed by atoms with van der Waals surface area (Å²) in [6.45, 7) is 9.74. The lowest BCUT2D eigenvalue weighted by Gasteiger charge is -2.38. The summed E-state index contributed by atoms with van der Waals surface area (Å²) >= 11 is 0. The predicted molar refractivity (Wildman–Crippen MR) is 86.8 cm³/mol. The van der Waals surface area contributed by atoms with Gasteiger partial charge in [0.2, 0.25) is 0 Å². The second kappa shape index (κ2) is 6.80. The lowest BCUT2D eigenvalue weighted by Crippen LogP contribution is -2.45. The monoisotopic (exact) mass is 291 g/mol. The van der Waals surface area contributed by atoms with Gasteiger partial charge in [-0.05, 0) is 50.3 Å². The van der Waals surface area contributed by atoms with E-state index in [0.29, 0.717) is 18.0 Å². The summed E-state index contributed by atoms with van der Waals surface area (Å²) in [7, 11) is 1.71. The molecule has 0 aliphatic carbocycles. The van der Waals surface area contributed by atoms with Gasteiger partial charge in [0.1, 0.15) is 5.75 Å². The maximum absolute atomic E-state index is 5.82. The Morgan fingerprint density at radius 2 is 1.90 bits per heavy atom. The Morgan fingerprint density at radius 1 is 1.24 bits per heavy atom. The lowest BCUT2D eigenvalue weighted by molar-refractivity contribution is -0.0648. The van der Waals surface area contributed by atoms with Crippen LogP contribution in [0.3, 0.4) is 0 Å². The quantitative estimate of drug-likeness (QED) is 0.891. The van der Waals surface area contributed by atoms with Gasteiger partial charge in [0.15, 0.2) is 0 Å². The van der Waals surface area contributed by atoms with Gasteiger partial charge >= 0.3 is 0 Å². The highest BCUT2D eigenvalue weighted by Gasteiger charge is 2.30. The average molecular weight is 291 g/mol. The maximum Gasteiger partial charge on any atom is 0.118 e. The van der Waals surface area contributed by atoms with Crippen molar-refractivity contribution in [3.8, 4) is 5.75 Å². The van der Waals surface area contributed by atoms with Crippen molar-refractivity contribution in [3.63, 3.8) is 0 Å². The molecule has 2 atom stereocenters. The summed E-state index contributed by atoms with van der Waals surface area (Å²) < 4.78 is 11.1. The fourth-order valence-electron chi connectivity index (χ4n) is 3.11. The van der Waals surface area contributed by atoms with E-state index in [9.17, 15) is 0 Å². The molecule has 1 N–H and O–H groups in total. The molecule has 1 aromatic carbocycles. The number of hydrogen-bond acceptors (Lipinski definition) is 3. The van der Waals surface area contributed by atoms with Crippen LogP contribution < -0.4 is 10.1 Å². The smallest absolute Gasteiger partial charge is 0.118 e. The minimum Gasteiger partial charge on any atom is -0.497 e. The van der Waals surface area contributed by atoms with E-state index in [1.54, 1.807) is 7.11 Å². The largest absolute Gasteiger partial charge is 0.497 e. The third-order valence-corrected chi connectivity index (χ3v) is 4.25. The number of nitrogens with one attached hydrogen (secondary N) is 1. The summed E-state index contributed by atoms with van der Waals surface area (Å²) in [6, 6.07) is 9.31. The van der Waals surface area contributed by atoms with Crippen molar-refractivity contribution in [1.82, 2.24) is 5.32 Å². The number of rotatable bonds is 5. The molecule has 1 aliphatic rings. The highest BCUT2D eigenvalue weighted by molar-refractivity contribution is 5.29. The minimum atomic E-state index is -0.0165. The van der Waals surface area contributed by atoms with Crippen LogP contribution in [-0.2, 0) is 4.74 Å². The number of hydrogen-bond donors (Lipinski definition) is 1. The molecule has 0 bridgehead atoms. The van der Waals surface area contributed by atoms with E-state index in [2.05, 4.69) is 45.1 Å². The molecule has 118 valence electrons. The molecule has 1 saturated heterocycles. The molecule has 0 radical (unpaired) electrons. The molecule has 0 amide bonds. The van der Waals surface area contributed by atoms with Crippen molar-refractivity contribution in [1.29, 1.82) is 0 Å². The third-order valence-electron chi connectivity index (χ3n) is 4.25. The van der Waals surface area contributed by atoms with Gasteiger partial charge in [0.25, 0.3) is 0 Å². The van der Waals surface area contributed by atoms with Crippen LogP contribution in [-0.4, -0.2) is 25.4 Å². The van der Waals surface area contributed by atoms with Crippen molar-refractivity contribution in [2.45, 2.75) is 58.2 Å². The fourth-order valence-corrected chi connectivity index (χ4v) is 3.11. The summed E-state index contributed by atoms with van der Waals surface area (Å²) in [5.41, 5.74) is 1.31. The summed E-state index contributed by atoms with van der Waals surface area (Å²) in [5.74, 6) is 1.46. The first-order valence-corrected chi connectivity index (χ1v) is 7.95. The van der Waals surface area contributed by atoms with Gasteiger partial charge in [-0.3, -0.25) is 0 Å². The molecule has 0 saturated carbocycles. The first kappa shape index (κ1) is 16.3. The van der Waals surface area contributed by atoms with Crippen LogP contribution in [0.5, 0.6) is 5.75 Å². The molecular weight excluding hydrogens is 262 g/mol. The Labute approximate surface area is 129 Å². The number of ether oxygens (including phenoxy) is 2. The Balaban J connectivity index is 2.08. The second-order valence-corrected chi connectivity index (χ2v) is 6.96. The van der Waals surface area contributed by atoms with Crippen LogP contribution in [0.25, 0.3) is 0 Å². The van der Waals surface area contributed by atoms with Gasteiger partial charge in [-0.1, -0.05) is 26.0 Å². The molecule has 21 heavy (non-hydrogen) atoms. The van der Waals surface area contributed by atoms with Gasteiger partial charge in [-0.15, -0.1) is 0 Å². The molecule has 1 aromatic rings. The van der Waals surface area contributed by atoms with Crippen molar-refractivity contribution in [3.05, 3.63) is 29.8 Å². The van der Waals surface area contributed by atoms with Crippen LogP contribution in [0, 0.1) is 5.92 Å². The van der Waals surface area contributed by atoms with Crippen molar-refractivity contribution in [2.24, 2.45) is 5.92 Å². The maximum atomic E-state index is 5.82. The van der Waals surface area contributed by atoms with Crippen LogP contribution >= 0.6 is 0 Å². The van der Waals surface area contributed by atoms with Gasteiger partial charge < -0.3 is 14.8 Å². The van der Waals surface area contributed by atoms with Crippen molar-refractivity contribution in [2.75, 3.05) is 13.7 Å². The summed E-state index contributed by atoms with van der Waals surface area (Å²) in [4.78, 5) is 0. The fraction of sp³-hybridized carbons (Fsp3) is 0.667. The molecule has 1 heterocycles. The summed E-state index contributed by atoms with van der Waals surface area (Å²) in [5, 5.41) is 3.84. The van der Waals surface area contributed by atoms with Crippen LogP contribution in [0.1, 0.15) is 52.1 Å². The molecule has 0 unspecified atom stereocenters. The van der Waals surface area contributed by atoms with E-state index in [1.807, 2.05) is 12.1 Å². The highest BCUT2D eigenvalue weighted by Crippen LogP contribution is 2.29. The molecular formula is C18H29NO2. The first-order valence-electron chi connectivity index (χ1n) is 7.95. The molecule has 0 spiro atoms. The Kier molecular flexibility index (Phi) is 5.28. The van der Waals surface area contributed by atoms with Crippen molar-refractivity contribution < 1.29 is 9.47 Å². The summed E-state index contributed by atoms with van der Waals surface area (Å²) in [6.07, 6.45) is 2.15. The zero-order valence-electron chi connectivity index (χ0n) is 14.0. The zero-order chi connectivity index (χ0) is 15.5. The van der Waals surface area contributed by atoms with Crippen LogP contribution in [0.15, 0.2) is 24.3 Å². The van der Waals surface area contributed by atoms with Crippen LogP contribution in [0.2, 0.25) is 0 Å². The Bertz CT molecular complexity index is 439. The van der Waals surface area contributed by atoms with E-state index in [-0.39, 0.29) is 5.60 Å². The molecule has 1 fully saturated rings. The van der Waals surface area contributed by atoms with Crippen molar-refractivity contribution >= 4 is 0 Å². The first-order chi connectivity index (χ1) is 9.91. The average Bonchev–Trinajstić information content (AvgIpc) is 2.44. The van der Waals surface area contributed by atoms with Gasteiger partial charge in [-0.2, -0.15) is 0 Å². The molecule has 3 nitrogen and oxygen atoms in total. The SMILES string of the molecule is COc1ccc([C@@H](N[C@H]2CCOC(C)(C)C2)C(C)C)cc1. The standard InChI is InChI=1S/C18H29NO2/c1-13(2)17(14-6-8-16(20-5)9-7-14)19-15-10-11-21-18(3,4)12-15/h6-9,13,15,17,19H,10-12H2,1-5H3/t15-,17-/m0/s1. The molecule has 1 aliphatic heterocycles. The number of benzene rings is 1. The normalized spacial score (nSPS) is 23.0. The number of methoxy groups -OCH3 is 1. The predicted octanol–water partition coefficient (Wildman–Crippen LogP) is 3.94. The topological polar surface area (TPSA) is 30.5 Å². The van der Waals surface area contributed by atoms with Crippen LogP contribution in [0.4, 0.5) is 0 Å². The molecule has 0 aromatic heterocycles. The lowest BCUT2D eigenvalue weighted by atomic mass is 9.90. The Morgan fingerprint density at radius 3 is 2.43 bits per heavy atom. The van der Waals surface area contributed by atoms with E-state index >= 15 is 0 Å². The van der Waals surface area contributed by atoms with Gasteiger partial charge in [0, 0.05) is 18.7 Å². The highest BCUT2D eigenvalue weighted by atomic mass is 16.5. The Hall–Kier alpha value is -1.06. The van der Waals surface area contributed by atoms with E-state index in [0.717, 1.165) is 25.2 Å². The van der Waals surface area contributed by atoms with Gasteiger partial charge in [0.05, 0.1) is 12.7 Å². The second-order valence-electron chi connectivity index (χ2n) is 6.96. The van der Waals surface area contributed by atoms with E-state index in [1.165, 1.54) is 5.56 Å². The zero-order valence-corrected chi connectivity index (χ0v) is 14.0. The third kappa shape index (κ3) is 4.45. The van der Waals surface area contributed by atoms with Gasteiger partial charge in [-0.25, -0.2) is 0 Å². The minimum absolute atomic E-state index is 0.0165.